The zero-order valence-corrected chi connectivity index (χ0v) is 11.2. The summed E-state index contributed by atoms with van der Waals surface area (Å²) in [5.41, 5.74) is 8.56. The molecule has 0 aromatic heterocycles. The first-order valence-corrected chi connectivity index (χ1v) is 6.93. The molecule has 1 fully saturated rings. The van der Waals surface area contributed by atoms with Gasteiger partial charge in [0.2, 0.25) is 0 Å². The van der Waals surface area contributed by atoms with Crippen LogP contribution in [0.4, 0.5) is 0 Å². The van der Waals surface area contributed by atoms with Crippen LogP contribution in [-0.2, 0) is 17.9 Å². The molecule has 0 spiro atoms. The predicted octanol–water partition coefficient (Wildman–Crippen LogP) is 2.19. The van der Waals surface area contributed by atoms with E-state index in [0.717, 1.165) is 26.0 Å². The van der Waals surface area contributed by atoms with Gasteiger partial charge in [-0.1, -0.05) is 24.3 Å². The van der Waals surface area contributed by atoms with Gasteiger partial charge in [0.05, 0.1) is 6.61 Å². The van der Waals surface area contributed by atoms with Crippen molar-refractivity contribution in [3.63, 3.8) is 0 Å². The molecule has 3 heteroatoms. The quantitative estimate of drug-likeness (QED) is 0.811. The summed E-state index contributed by atoms with van der Waals surface area (Å²) in [6, 6.07) is 9.46. The van der Waals surface area contributed by atoms with E-state index < -0.39 is 0 Å². The summed E-state index contributed by atoms with van der Waals surface area (Å²) < 4.78 is 5.50. The van der Waals surface area contributed by atoms with Crippen molar-refractivity contribution >= 4 is 0 Å². The first-order chi connectivity index (χ1) is 8.79. The van der Waals surface area contributed by atoms with Gasteiger partial charge in [0.25, 0.3) is 0 Å². The monoisotopic (exact) mass is 248 g/mol. The molecule has 1 aliphatic rings. The van der Waals surface area contributed by atoms with Crippen LogP contribution in [0.3, 0.4) is 0 Å². The van der Waals surface area contributed by atoms with Crippen molar-refractivity contribution in [2.75, 3.05) is 6.61 Å². The molecule has 3 N–H and O–H groups in total. The number of ether oxygens (including phenoxy) is 1. The maximum absolute atomic E-state index is 5.93. The molecular formula is C15H24N2O. The largest absolute Gasteiger partial charge is 0.377 e. The topological polar surface area (TPSA) is 47.3 Å². The van der Waals surface area contributed by atoms with Gasteiger partial charge < -0.3 is 15.8 Å². The van der Waals surface area contributed by atoms with Crippen molar-refractivity contribution in [3.8, 4) is 0 Å². The lowest BCUT2D eigenvalue weighted by atomic mass is 10.1. The molecule has 100 valence electrons. The first kappa shape index (κ1) is 13.5. The second-order valence-corrected chi connectivity index (χ2v) is 5.06. The van der Waals surface area contributed by atoms with Crippen molar-refractivity contribution in [3.05, 3.63) is 35.4 Å². The molecule has 18 heavy (non-hydrogen) atoms. The summed E-state index contributed by atoms with van der Waals surface area (Å²) in [6.45, 7) is 4.42. The third-order valence-electron chi connectivity index (χ3n) is 3.63. The summed E-state index contributed by atoms with van der Waals surface area (Å²) in [7, 11) is 0. The van der Waals surface area contributed by atoms with E-state index in [1.54, 1.807) is 0 Å². The first-order valence-electron chi connectivity index (χ1n) is 6.93. The molecule has 0 saturated heterocycles. The summed E-state index contributed by atoms with van der Waals surface area (Å²) >= 11 is 0. The fourth-order valence-corrected chi connectivity index (χ4v) is 2.54. The van der Waals surface area contributed by atoms with Crippen molar-refractivity contribution < 1.29 is 4.74 Å². The Balaban J connectivity index is 1.88. The number of hydrogen-bond acceptors (Lipinski definition) is 3. The van der Waals surface area contributed by atoms with Gasteiger partial charge in [-0.3, -0.25) is 0 Å². The molecule has 1 aromatic rings. The van der Waals surface area contributed by atoms with Crippen LogP contribution in [-0.4, -0.2) is 18.7 Å². The van der Waals surface area contributed by atoms with Crippen molar-refractivity contribution in [1.82, 2.24) is 5.32 Å². The third-order valence-corrected chi connectivity index (χ3v) is 3.63. The number of rotatable bonds is 6. The highest BCUT2D eigenvalue weighted by Gasteiger charge is 2.20. The lowest BCUT2D eigenvalue weighted by Crippen LogP contribution is -2.28. The smallest absolute Gasteiger partial charge is 0.0719 e. The van der Waals surface area contributed by atoms with Gasteiger partial charge >= 0.3 is 0 Å². The fourth-order valence-electron chi connectivity index (χ4n) is 2.54. The normalized spacial score (nSPS) is 23.4. The Bertz CT molecular complexity index is 367. The van der Waals surface area contributed by atoms with E-state index in [0.29, 0.717) is 18.7 Å². The molecule has 0 radical (unpaired) electrons. The molecule has 3 nitrogen and oxygen atoms in total. The van der Waals surface area contributed by atoms with Gasteiger partial charge in [-0.2, -0.15) is 0 Å². The second-order valence-electron chi connectivity index (χ2n) is 5.06. The van der Waals surface area contributed by atoms with E-state index in [2.05, 4.69) is 29.6 Å². The fraction of sp³-hybridized carbons (Fsp3) is 0.600. The zero-order valence-electron chi connectivity index (χ0n) is 11.2. The summed E-state index contributed by atoms with van der Waals surface area (Å²) in [5.74, 6) is 0. The molecule has 1 saturated carbocycles. The van der Waals surface area contributed by atoms with Crippen molar-refractivity contribution in [2.45, 2.75) is 51.4 Å². The van der Waals surface area contributed by atoms with Crippen molar-refractivity contribution in [1.29, 1.82) is 0 Å². The van der Waals surface area contributed by atoms with Crippen LogP contribution in [0.25, 0.3) is 0 Å². The van der Waals surface area contributed by atoms with Gasteiger partial charge in [-0.05, 0) is 37.3 Å². The highest BCUT2D eigenvalue weighted by atomic mass is 16.5. The van der Waals surface area contributed by atoms with Crippen LogP contribution >= 0.6 is 0 Å². The zero-order chi connectivity index (χ0) is 12.8. The van der Waals surface area contributed by atoms with E-state index in [9.17, 15) is 0 Å². The summed E-state index contributed by atoms with van der Waals surface area (Å²) in [6.07, 6.45) is 3.46. The Hall–Kier alpha value is -0.900. The van der Waals surface area contributed by atoms with E-state index in [4.69, 9.17) is 10.5 Å². The van der Waals surface area contributed by atoms with Gasteiger partial charge in [0.15, 0.2) is 0 Å². The molecule has 2 rings (SSSR count). The SMILES string of the molecule is CCOCc1ccccc1CNC1CCC(N)C1. The second kappa shape index (κ2) is 6.88. The molecule has 1 aliphatic carbocycles. The molecule has 0 bridgehead atoms. The Kier molecular flexibility index (Phi) is 5.17. The number of benzene rings is 1. The van der Waals surface area contributed by atoms with E-state index >= 15 is 0 Å². The van der Waals surface area contributed by atoms with Crippen molar-refractivity contribution in [2.24, 2.45) is 5.73 Å². The Morgan fingerprint density at radius 3 is 2.72 bits per heavy atom. The van der Waals surface area contributed by atoms with Crippen LogP contribution in [0.15, 0.2) is 24.3 Å². The van der Waals surface area contributed by atoms with Crippen LogP contribution in [0, 0.1) is 0 Å². The molecule has 0 aliphatic heterocycles. The Labute approximate surface area is 110 Å². The van der Waals surface area contributed by atoms with Gasteiger partial charge in [0, 0.05) is 25.2 Å². The highest BCUT2D eigenvalue weighted by molar-refractivity contribution is 5.26. The third kappa shape index (κ3) is 3.80. The van der Waals surface area contributed by atoms with Gasteiger partial charge in [-0.25, -0.2) is 0 Å². The molecule has 0 heterocycles. The minimum atomic E-state index is 0.390. The van der Waals surface area contributed by atoms with Crippen LogP contribution in [0.1, 0.15) is 37.3 Å². The highest BCUT2D eigenvalue weighted by Crippen LogP contribution is 2.18. The van der Waals surface area contributed by atoms with Gasteiger partial charge in [-0.15, -0.1) is 0 Å². The standard InChI is InChI=1S/C15H24N2O/c1-2-18-11-13-6-4-3-5-12(13)10-17-15-8-7-14(16)9-15/h3-6,14-15,17H,2,7-11,16H2,1H3. The van der Waals surface area contributed by atoms with Crippen LogP contribution < -0.4 is 11.1 Å². The maximum atomic E-state index is 5.93. The minimum absolute atomic E-state index is 0.390. The summed E-state index contributed by atoms with van der Waals surface area (Å²) in [5, 5.41) is 3.61. The molecule has 1 aromatic carbocycles. The molecule has 2 atom stereocenters. The average Bonchev–Trinajstić information content (AvgIpc) is 2.81. The molecule has 2 unspecified atom stereocenters. The predicted molar refractivity (Wildman–Crippen MR) is 74.2 cm³/mol. The summed E-state index contributed by atoms with van der Waals surface area (Å²) in [4.78, 5) is 0. The van der Waals surface area contributed by atoms with E-state index in [1.165, 1.54) is 17.5 Å². The Morgan fingerprint density at radius 2 is 2.06 bits per heavy atom. The number of hydrogen-bond donors (Lipinski definition) is 2. The van der Waals surface area contributed by atoms with Crippen LogP contribution in [0.5, 0.6) is 0 Å². The number of nitrogens with two attached hydrogens (primary N) is 1. The number of nitrogens with one attached hydrogen (secondary N) is 1. The van der Waals surface area contributed by atoms with E-state index in [1.807, 2.05) is 6.92 Å². The lowest BCUT2D eigenvalue weighted by molar-refractivity contribution is 0.133. The molecular weight excluding hydrogens is 224 g/mol. The Morgan fingerprint density at radius 1 is 1.28 bits per heavy atom. The lowest BCUT2D eigenvalue weighted by Gasteiger charge is -2.15. The van der Waals surface area contributed by atoms with Crippen LogP contribution in [0.2, 0.25) is 0 Å². The van der Waals surface area contributed by atoms with E-state index in [-0.39, 0.29) is 0 Å². The van der Waals surface area contributed by atoms with Gasteiger partial charge in [0.1, 0.15) is 0 Å². The molecule has 0 amide bonds. The minimum Gasteiger partial charge on any atom is -0.377 e. The average molecular weight is 248 g/mol. The maximum Gasteiger partial charge on any atom is 0.0719 e.